The molecular weight excluding hydrogens is 376 g/mol. The molecule has 2 rings (SSSR count). The molecule has 0 fully saturated rings. The highest BCUT2D eigenvalue weighted by Gasteiger charge is 2.22. The number of hydrogen-bond donors (Lipinski definition) is 2. The molecule has 2 aromatic carbocycles. The average molecular weight is 397 g/mol. The Morgan fingerprint density at radius 2 is 1.85 bits per heavy atom. The number of carbonyl (C=O) groups is 1. The largest absolute Gasteiger partial charge is 0.495 e. The van der Waals surface area contributed by atoms with E-state index in [0.717, 1.165) is 11.1 Å². The molecule has 140 valence electrons. The molecule has 0 saturated carbocycles. The van der Waals surface area contributed by atoms with Crippen LogP contribution in [0.15, 0.2) is 47.4 Å². The molecule has 0 bridgehead atoms. The number of benzene rings is 2. The van der Waals surface area contributed by atoms with Crippen LogP contribution in [0.25, 0.3) is 0 Å². The fraction of sp³-hybridized carbons (Fsp3) is 0.278. The van der Waals surface area contributed by atoms with Crippen molar-refractivity contribution in [2.75, 3.05) is 7.11 Å². The molecule has 0 unspecified atom stereocenters. The van der Waals surface area contributed by atoms with Crippen LogP contribution in [0.1, 0.15) is 18.1 Å². The third-order valence-electron chi connectivity index (χ3n) is 3.75. The third kappa shape index (κ3) is 5.20. The van der Waals surface area contributed by atoms with Gasteiger partial charge in [0.05, 0.1) is 23.1 Å². The summed E-state index contributed by atoms with van der Waals surface area (Å²) in [6.07, 6.45) is 0. The normalized spacial score (nSPS) is 12.5. The van der Waals surface area contributed by atoms with Crippen molar-refractivity contribution >= 4 is 27.5 Å². The van der Waals surface area contributed by atoms with Gasteiger partial charge in [0.25, 0.3) is 0 Å². The summed E-state index contributed by atoms with van der Waals surface area (Å²) in [6.45, 7) is 3.78. The second-order valence-electron chi connectivity index (χ2n) is 5.84. The second-order valence-corrected chi connectivity index (χ2v) is 7.96. The number of ether oxygens (including phenoxy) is 1. The fourth-order valence-corrected chi connectivity index (χ4v) is 3.77. The first-order chi connectivity index (χ1) is 12.2. The van der Waals surface area contributed by atoms with Gasteiger partial charge >= 0.3 is 0 Å². The zero-order valence-electron chi connectivity index (χ0n) is 14.7. The van der Waals surface area contributed by atoms with Gasteiger partial charge in [-0.2, -0.15) is 4.72 Å². The Balaban J connectivity index is 2.00. The quantitative estimate of drug-likeness (QED) is 0.753. The van der Waals surface area contributed by atoms with Crippen molar-refractivity contribution in [1.29, 1.82) is 0 Å². The molecule has 0 heterocycles. The maximum Gasteiger partial charge on any atom is 0.241 e. The smallest absolute Gasteiger partial charge is 0.241 e. The molecule has 2 N–H and O–H groups in total. The van der Waals surface area contributed by atoms with Crippen molar-refractivity contribution in [1.82, 2.24) is 10.0 Å². The van der Waals surface area contributed by atoms with Crippen LogP contribution in [0.3, 0.4) is 0 Å². The van der Waals surface area contributed by atoms with Gasteiger partial charge in [-0.25, -0.2) is 8.42 Å². The number of aryl methyl sites for hydroxylation is 1. The van der Waals surface area contributed by atoms with Crippen LogP contribution in [0, 0.1) is 6.92 Å². The standard InChI is InChI=1S/C18H21ClN2O4S/c1-12-4-6-14(7-5-12)11-20-18(22)13(2)21-26(23,24)15-8-9-17(25-3)16(19)10-15/h4-10,13,21H,11H2,1-3H3,(H,20,22)/t13-/m1/s1. The Hall–Kier alpha value is -2.09. The van der Waals surface area contributed by atoms with Crippen molar-refractivity contribution in [3.8, 4) is 5.75 Å². The lowest BCUT2D eigenvalue weighted by molar-refractivity contribution is -0.122. The topological polar surface area (TPSA) is 84.5 Å². The van der Waals surface area contributed by atoms with Gasteiger partial charge in [-0.1, -0.05) is 41.4 Å². The summed E-state index contributed by atoms with van der Waals surface area (Å²) in [5.74, 6) is -0.0525. The highest BCUT2D eigenvalue weighted by Crippen LogP contribution is 2.26. The Kier molecular flexibility index (Phi) is 6.63. The first kappa shape index (κ1) is 20.2. The zero-order valence-corrected chi connectivity index (χ0v) is 16.3. The van der Waals surface area contributed by atoms with Gasteiger partial charge in [-0.3, -0.25) is 4.79 Å². The molecule has 0 radical (unpaired) electrons. The number of rotatable bonds is 7. The SMILES string of the molecule is COc1ccc(S(=O)(=O)N[C@H](C)C(=O)NCc2ccc(C)cc2)cc1Cl. The van der Waals surface area contributed by atoms with E-state index in [-0.39, 0.29) is 9.92 Å². The Labute approximate surface area is 158 Å². The zero-order chi connectivity index (χ0) is 19.3. The van der Waals surface area contributed by atoms with Crippen molar-refractivity contribution in [2.45, 2.75) is 31.3 Å². The lowest BCUT2D eigenvalue weighted by atomic mass is 10.1. The highest BCUT2D eigenvalue weighted by molar-refractivity contribution is 7.89. The first-order valence-electron chi connectivity index (χ1n) is 7.92. The molecule has 0 aliphatic rings. The van der Waals surface area contributed by atoms with Crippen molar-refractivity contribution in [3.05, 3.63) is 58.6 Å². The van der Waals surface area contributed by atoms with Crippen LogP contribution < -0.4 is 14.8 Å². The Morgan fingerprint density at radius 1 is 1.19 bits per heavy atom. The summed E-state index contributed by atoms with van der Waals surface area (Å²) in [7, 11) is -2.45. The molecule has 0 saturated heterocycles. The van der Waals surface area contributed by atoms with E-state index in [0.29, 0.717) is 12.3 Å². The lowest BCUT2D eigenvalue weighted by Crippen LogP contribution is -2.44. The van der Waals surface area contributed by atoms with Gasteiger partial charge in [-0.05, 0) is 37.6 Å². The molecule has 0 aromatic heterocycles. The number of nitrogens with one attached hydrogen (secondary N) is 2. The summed E-state index contributed by atoms with van der Waals surface area (Å²) in [5, 5.41) is 2.88. The van der Waals surface area contributed by atoms with E-state index in [2.05, 4.69) is 10.0 Å². The van der Waals surface area contributed by atoms with Gasteiger partial charge in [-0.15, -0.1) is 0 Å². The number of hydrogen-bond acceptors (Lipinski definition) is 4. The van der Waals surface area contributed by atoms with Gasteiger partial charge in [0.2, 0.25) is 15.9 Å². The molecule has 2 aromatic rings. The Morgan fingerprint density at radius 3 is 2.42 bits per heavy atom. The van der Waals surface area contributed by atoms with Crippen LogP contribution in [-0.4, -0.2) is 27.5 Å². The van der Waals surface area contributed by atoms with Crippen LogP contribution in [0.4, 0.5) is 0 Å². The minimum absolute atomic E-state index is 0.0403. The van der Waals surface area contributed by atoms with E-state index in [9.17, 15) is 13.2 Å². The number of carbonyl (C=O) groups excluding carboxylic acids is 1. The van der Waals surface area contributed by atoms with Crippen molar-refractivity contribution in [2.24, 2.45) is 0 Å². The summed E-state index contributed by atoms with van der Waals surface area (Å²) >= 11 is 5.97. The van der Waals surface area contributed by atoms with E-state index in [4.69, 9.17) is 16.3 Å². The molecule has 1 atom stereocenters. The van der Waals surface area contributed by atoms with Gasteiger partial charge in [0.1, 0.15) is 5.75 Å². The molecule has 0 aliphatic carbocycles. The summed E-state index contributed by atoms with van der Waals surface area (Å²) in [5.41, 5.74) is 2.06. The molecule has 26 heavy (non-hydrogen) atoms. The fourth-order valence-electron chi connectivity index (χ4n) is 2.22. The predicted octanol–water partition coefficient (Wildman–Crippen LogP) is 2.64. The second kappa shape index (κ2) is 8.53. The summed E-state index contributed by atoms with van der Waals surface area (Å²) < 4.78 is 32.2. The highest BCUT2D eigenvalue weighted by atomic mass is 35.5. The maximum atomic E-state index is 12.4. The maximum absolute atomic E-state index is 12.4. The Bertz CT molecular complexity index is 883. The van der Waals surface area contributed by atoms with Crippen LogP contribution in [0.2, 0.25) is 5.02 Å². The van der Waals surface area contributed by atoms with Crippen molar-refractivity contribution < 1.29 is 17.9 Å². The van der Waals surface area contributed by atoms with E-state index >= 15 is 0 Å². The molecule has 1 amide bonds. The van der Waals surface area contributed by atoms with Crippen LogP contribution >= 0.6 is 11.6 Å². The minimum Gasteiger partial charge on any atom is -0.495 e. The average Bonchev–Trinajstić information content (AvgIpc) is 2.60. The summed E-state index contributed by atoms with van der Waals surface area (Å²) in [4.78, 5) is 12.1. The van der Waals surface area contributed by atoms with Crippen LogP contribution in [0.5, 0.6) is 5.75 Å². The molecule has 0 spiro atoms. The monoisotopic (exact) mass is 396 g/mol. The number of amides is 1. The number of halogens is 1. The van der Waals surface area contributed by atoms with Gasteiger partial charge in [0.15, 0.2) is 0 Å². The van der Waals surface area contributed by atoms with Gasteiger partial charge < -0.3 is 10.1 Å². The van der Waals surface area contributed by atoms with E-state index < -0.39 is 22.0 Å². The third-order valence-corrected chi connectivity index (χ3v) is 5.58. The molecular formula is C18H21ClN2O4S. The number of methoxy groups -OCH3 is 1. The summed E-state index contributed by atoms with van der Waals surface area (Å²) in [6, 6.07) is 10.9. The first-order valence-corrected chi connectivity index (χ1v) is 9.78. The molecule has 6 nitrogen and oxygen atoms in total. The van der Waals surface area contributed by atoms with E-state index in [1.165, 1.54) is 32.2 Å². The van der Waals surface area contributed by atoms with E-state index in [1.807, 2.05) is 31.2 Å². The van der Waals surface area contributed by atoms with Crippen LogP contribution in [-0.2, 0) is 21.4 Å². The molecule has 0 aliphatic heterocycles. The molecule has 8 heteroatoms. The number of sulfonamides is 1. The van der Waals surface area contributed by atoms with E-state index in [1.54, 1.807) is 0 Å². The lowest BCUT2D eigenvalue weighted by Gasteiger charge is -2.15. The minimum atomic E-state index is -3.89. The van der Waals surface area contributed by atoms with Gasteiger partial charge in [0, 0.05) is 6.54 Å². The predicted molar refractivity (Wildman–Crippen MR) is 101 cm³/mol. The van der Waals surface area contributed by atoms with Crippen molar-refractivity contribution in [3.63, 3.8) is 0 Å².